The summed E-state index contributed by atoms with van der Waals surface area (Å²) in [5, 5.41) is 2.69. The van der Waals surface area contributed by atoms with Crippen LogP contribution in [0.3, 0.4) is 0 Å². The van der Waals surface area contributed by atoms with Gasteiger partial charge >= 0.3 is 0 Å². The summed E-state index contributed by atoms with van der Waals surface area (Å²) in [5.74, 6) is -1.21. The highest BCUT2D eigenvalue weighted by atomic mass is 32.2. The summed E-state index contributed by atoms with van der Waals surface area (Å²) in [6.07, 6.45) is 1.47. The van der Waals surface area contributed by atoms with E-state index in [0.717, 1.165) is 4.90 Å². The van der Waals surface area contributed by atoms with E-state index in [4.69, 9.17) is 0 Å². The monoisotopic (exact) mass is 498 g/mol. The second-order valence-electron chi connectivity index (χ2n) is 7.84. The summed E-state index contributed by atoms with van der Waals surface area (Å²) < 4.78 is 27.5. The predicted molar refractivity (Wildman–Crippen MR) is 133 cm³/mol. The van der Waals surface area contributed by atoms with E-state index in [1.54, 1.807) is 54.6 Å². The van der Waals surface area contributed by atoms with Crippen LogP contribution in [0.5, 0.6) is 0 Å². The molecule has 10 heteroatoms. The predicted octanol–water partition coefficient (Wildman–Crippen LogP) is 3.94. The zero-order chi connectivity index (χ0) is 25.3. The lowest BCUT2D eigenvalue weighted by Crippen LogP contribution is -2.29. The Morgan fingerprint density at radius 2 is 1.44 bits per heavy atom. The van der Waals surface area contributed by atoms with E-state index in [2.05, 4.69) is 15.0 Å². The van der Waals surface area contributed by atoms with Crippen molar-refractivity contribution in [3.63, 3.8) is 0 Å². The first-order valence-corrected chi connectivity index (χ1v) is 12.2. The maximum absolute atomic E-state index is 12.8. The molecular formula is C26H18N4O5S. The fourth-order valence-electron chi connectivity index (χ4n) is 3.75. The Hall–Kier alpha value is -4.83. The van der Waals surface area contributed by atoms with E-state index in [1.807, 2.05) is 0 Å². The second-order valence-corrected chi connectivity index (χ2v) is 9.52. The summed E-state index contributed by atoms with van der Waals surface area (Å²) in [6.45, 7) is 0. The van der Waals surface area contributed by atoms with Gasteiger partial charge in [-0.25, -0.2) is 18.3 Å². The lowest BCUT2D eigenvalue weighted by atomic mass is 10.1. The molecule has 5 rings (SSSR count). The van der Waals surface area contributed by atoms with Gasteiger partial charge in [-0.2, -0.15) is 0 Å². The van der Waals surface area contributed by atoms with E-state index < -0.39 is 27.7 Å². The van der Waals surface area contributed by atoms with Crippen molar-refractivity contribution < 1.29 is 22.8 Å². The highest BCUT2D eigenvalue weighted by Gasteiger charge is 2.36. The number of carbonyl (C=O) groups is 3. The van der Waals surface area contributed by atoms with Gasteiger partial charge in [0.15, 0.2) is 0 Å². The quantitative estimate of drug-likeness (QED) is 0.388. The first-order chi connectivity index (χ1) is 17.3. The van der Waals surface area contributed by atoms with Crippen molar-refractivity contribution in [1.29, 1.82) is 0 Å². The number of fused-ring (bicyclic) bond motifs is 1. The molecule has 0 aliphatic carbocycles. The largest absolute Gasteiger partial charge is 0.322 e. The third kappa shape index (κ3) is 4.32. The average Bonchev–Trinajstić information content (AvgIpc) is 3.14. The minimum Gasteiger partial charge on any atom is -0.322 e. The van der Waals surface area contributed by atoms with Crippen LogP contribution >= 0.6 is 0 Å². The zero-order valence-corrected chi connectivity index (χ0v) is 19.4. The Balaban J connectivity index is 1.31. The molecule has 0 saturated carbocycles. The van der Waals surface area contributed by atoms with Crippen LogP contribution in [0.2, 0.25) is 0 Å². The molecule has 3 amide bonds. The van der Waals surface area contributed by atoms with Crippen molar-refractivity contribution in [3.05, 3.63) is 114 Å². The Morgan fingerprint density at radius 1 is 0.778 bits per heavy atom. The number of pyridine rings is 1. The highest BCUT2D eigenvalue weighted by molar-refractivity contribution is 7.92. The Morgan fingerprint density at radius 3 is 2.08 bits per heavy atom. The molecule has 0 spiro atoms. The highest BCUT2D eigenvalue weighted by Crippen LogP contribution is 2.29. The van der Waals surface area contributed by atoms with Crippen molar-refractivity contribution >= 4 is 44.9 Å². The van der Waals surface area contributed by atoms with E-state index in [-0.39, 0.29) is 22.0 Å². The van der Waals surface area contributed by atoms with Gasteiger partial charge in [0.1, 0.15) is 5.82 Å². The fraction of sp³-hybridized carbons (Fsp3) is 0. The van der Waals surface area contributed by atoms with Crippen LogP contribution < -0.4 is 14.9 Å². The molecule has 178 valence electrons. The normalized spacial score (nSPS) is 12.8. The Labute approximate surface area is 206 Å². The van der Waals surface area contributed by atoms with Crippen LogP contribution in [-0.2, 0) is 10.0 Å². The van der Waals surface area contributed by atoms with E-state index in [1.165, 1.54) is 42.6 Å². The summed E-state index contributed by atoms with van der Waals surface area (Å²) in [5.41, 5.74) is 1.48. The number of hydrogen-bond donors (Lipinski definition) is 2. The van der Waals surface area contributed by atoms with Gasteiger partial charge in [0, 0.05) is 17.4 Å². The number of carbonyl (C=O) groups excluding carboxylic acids is 3. The van der Waals surface area contributed by atoms with Crippen LogP contribution in [0.4, 0.5) is 17.2 Å². The smallest absolute Gasteiger partial charge is 0.266 e. The molecule has 0 fully saturated rings. The molecule has 0 atom stereocenters. The first kappa shape index (κ1) is 22.9. The molecule has 1 aliphatic rings. The van der Waals surface area contributed by atoms with E-state index in [9.17, 15) is 22.8 Å². The molecule has 2 N–H and O–H groups in total. The molecular weight excluding hydrogens is 480 g/mol. The summed E-state index contributed by atoms with van der Waals surface area (Å²) >= 11 is 0. The van der Waals surface area contributed by atoms with Crippen LogP contribution in [0.15, 0.2) is 102 Å². The third-order valence-electron chi connectivity index (χ3n) is 5.49. The second kappa shape index (κ2) is 9.08. The maximum Gasteiger partial charge on any atom is 0.266 e. The molecule has 0 radical (unpaired) electrons. The van der Waals surface area contributed by atoms with Gasteiger partial charge in [-0.1, -0.05) is 24.3 Å². The van der Waals surface area contributed by atoms with Gasteiger partial charge in [-0.3, -0.25) is 19.1 Å². The van der Waals surface area contributed by atoms with Crippen LogP contribution in [-0.4, -0.2) is 31.1 Å². The molecule has 0 bridgehead atoms. The van der Waals surface area contributed by atoms with E-state index >= 15 is 0 Å². The number of aromatic nitrogens is 1. The number of amides is 3. The number of nitrogens with one attached hydrogen (secondary N) is 2. The van der Waals surface area contributed by atoms with Crippen molar-refractivity contribution in [2.24, 2.45) is 0 Å². The SMILES string of the molecule is O=C(Nc1ccc(S(=O)(=O)Nc2ccccn2)cc1)c1cccc(N2C(=O)c3ccccc3C2=O)c1. The summed E-state index contributed by atoms with van der Waals surface area (Å²) in [7, 11) is -3.85. The number of hydrogen-bond acceptors (Lipinski definition) is 6. The molecule has 1 aliphatic heterocycles. The van der Waals surface area contributed by atoms with Gasteiger partial charge < -0.3 is 5.32 Å². The van der Waals surface area contributed by atoms with Gasteiger partial charge in [-0.05, 0) is 66.7 Å². The van der Waals surface area contributed by atoms with Gasteiger partial charge in [0.05, 0.1) is 21.7 Å². The minimum atomic E-state index is -3.85. The lowest BCUT2D eigenvalue weighted by Gasteiger charge is -2.15. The number of anilines is 3. The summed E-state index contributed by atoms with van der Waals surface area (Å²) in [4.78, 5) is 43.3. The molecule has 0 unspecified atom stereocenters. The fourth-order valence-corrected chi connectivity index (χ4v) is 4.76. The number of nitrogens with zero attached hydrogens (tertiary/aromatic N) is 2. The topological polar surface area (TPSA) is 126 Å². The lowest BCUT2D eigenvalue weighted by molar-refractivity contribution is 0.0924. The summed E-state index contributed by atoms with van der Waals surface area (Å²) in [6, 6.07) is 23.2. The average molecular weight is 499 g/mol. The van der Waals surface area contributed by atoms with Crippen LogP contribution in [0.1, 0.15) is 31.1 Å². The van der Waals surface area contributed by atoms with Gasteiger partial charge in [0.2, 0.25) is 0 Å². The van der Waals surface area contributed by atoms with Crippen molar-refractivity contribution in [1.82, 2.24) is 4.98 Å². The van der Waals surface area contributed by atoms with Crippen molar-refractivity contribution in [3.8, 4) is 0 Å². The Bertz CT molecular complexity index is 1570. The molecule has 3 aromatic carbocycles. The molecule has 0 saturated heterocycles. The molecule has 36 heavy (non-hydrogen) atoms. The number of imide groups is 1. The molecule has 1 aromatic heterocycles. The number of benzene rings is 3. The molecule has 2 heterocycles. The maximum atomic E-state index is 12.8. The standard InChI is InChI=1S/C26H18N4O5S/c31-24(28-18-11-13-20(14-12-18)36(34,35)29-23-10-3-4-15-27-23)17-6-5-7-19(16-17)30-25(32)21-8-1-2-9-22(21)26(30)33/h1-16H,(H,27,29)(H,28,31). The van der Waals surface area contributed by atoms with Gasteiger partial charge in [0.25, 0.3) is 27.7 Å². The van der Waals surface area contributed by atoms with E-state index in [0.29, 0.717) is 16.8 Å². The number of rotatable bonds is 6. The van der Waals surface area contributed by atoms with Crippen LogP contribution in [0, 0.1) is 0 Å². The Kier molecular flexibility index (Phi) is 5.79. The molecule has 4 aromatic rings. The van der Waals surface area contributed by atoms with Crippen LogP contribution in [0.25, 0.3) is 0 Å². The van der Waals surface area contributed by atoms with Gasteiger partial charge in [-0.15, -0.1) is 0 Å². The third-order valence-corrected chi connectivity index (χ3v) is 6.86. The van der Waals surface area contributed by atoms with Crippen molar-refractivity contribution in [2.75, 3.05) is 14.9 Å². The number of sulfonamides is 1. The van der Waals surface area contributed by atoms with Crippen molar-refractivity contribution in [2.45, 2.75) is 4.90 Å². The zero-order valence-electron chi connectivity index (χ0n) is 18.6. The minimum absolute atomic E-state index is 0.00114. The molecule has 9 nitrogen and oxygen atoms in total. The first-order valence-electron chi connectivity index (χ1n) is 10.8.